The van der Waals surface area contributed by atoms with Crippen molar-refractivity contribution in [2.75, 3.05) is 6.54 Å². The summed E-state index contributed by atoms with van der Waals surface area (Å²) in [5, 5.41) is 5.44. The molecule has 0 radical (unpaired) electrons. The van der Waals surface area contributed by atoms with Gasteiger partial charge in [-0.2, -0.15) is 0 Å². The lowest BCUT2D eigenvalue weighted by atomic mass is 10.1. The van der Waals surface area contributed by atoms with Gasteiger partial charge in [-0.3, -0.25) is 14.2 Å². The van der Waals surface area contributed by atoms with Crippen molar-refractivity contribution < 1.29 is 9.18 Å². The van der Waals surface area contributed by atoms with Crippen LogP contribution in [0.3, 0.4) is 0 Å². The van der Waals surface area contributed by atoms with Crippen molar-refractivity contribution >= 4 is 39.2 Å². The third-order valence-corrected chi connectivity index (χ3v) is 7.63. The van der Waals surface area contributed by atoms with Crippen LogP contribution in [-0.2, 0) is 23.5 Å². The maximum absolute atomic E-state index is 14.1. The molecule has 0 atom stereocenters. The Labute approximate surface area is 212 Å². The van der Waals surface area contributed by atoms with Crippen molar-refractivity contribution in [1.29, 1.82) is 0 Å². The lowest BCUT2D eigenvalue weighted by Gasteiger charge is -2.12. The summed E-state index contributed by atoms with van der Waals surface area (Å²) in [5.41, 5.74) is 2.42. The van der Waals surface area contributed by atoms with Crippen LogP contribution in [0.1, 0.15) is 36.8 Å². The van der Waals surface area contributed by atoms with Gasteiger partial charge in [0.1, 0.15) is 10.5 Å². The highest BCUT2D eigenvalue weighted by molar-refractivity contribution is 7.98. The Bertz CT molecular complexity index is 1320. The van der Waals surface area contributed by atoms with Gasteiger partial charge in [0.2, 0.25) is 5.91 Å². The van der Waals surface area contributed by atoms with E-state index in [0.717, 1.165) is 25.7 Å². The van der Waals surface area contributed by atoms with Gasteiger partial charge in [0.15, 0.2) is 5.16 Å². The number of carbonyl (C=O) groups is 1. The number of rotatable bonds is 12. The molecule has 0 unspecified atom stereocenters. The number of halogens is 1. The number of benzene rings is 2. The molecule has 1 N–H and O–H groups in total. The minimum atomic E-state index is -0.257. The van der Waals surface area contributed by atoms with Gasteiger partial charge >= 0.3 is 0 Å². The second kappa shape index (κ2) is 12.7. The highest BCUT2D eigenvalue weighted by atomic mass is 32.2. The summed E-state index contributed by atoms with van der Waals surface area (Å²) < 4.78 is 16.4. The van der Waals surface area contributed by atoms with E-state index in [-0.39, 0.29) is 17.3 Å². The van der Waals surface area contributed by atoms with E-state index in [4.69, 9.17) is 0 Å². The first-order valence-corrected chi connectivity index (χ1v) is 13.6. The Morgan fingerprint density at radius 3 is 2.66 bits per heavy atom. The Hall–Kier alpha value is -2.97. The van der Waals surface area contributed by atoms with Gasteiger partial charge < -0.3 is 5.32 Å². The van der Waals surface area contributed by atoms with E-state index in [1.807, 2.05) is 29.6 Å². The van der Waals surface area contributed by atoms with Crippen LogP contribution in [-0.4, -0.2) is 22.0 Å². The molecule has 0 saturated heterocycles. The standard InChI is InChI=1S/C27H28FN3O2S2/c28-22-12-7-6-11-21(22)19-35-27-30-23-15-18-34-25(23)26(33)31(27)17-8-2-5-13-24(32)29-16-14-20-9-3-1-4-10-20/h1,3-4,6-7,9-12,15,18H,2,5,8,13-14,16-17,19H2,(H,29,32). The van der Waals surface area contributed by atoms with Crippen molar-refractivity contribution in [2.45, 2.75) is 49.6 Å². The number of thiophene rings is 1. The number of hydrogen-bond acceptors (Lipinski definition) is 5. The molecule has 2 heterocycles. The number of thioether (sulfide) groups is 1. The minimum Gasteiger partial charge on any atom is -0.356 e. The second-order valence-electron chi connectivity index (χ2n) is 8.26. The lowest BCUT2D eigenvalue weighted by molar-refractivity contribution is -0.121. The fraction of sp³-hybridized carbons (Fsp3) is 0.296. The lowest BCUT2D eigenvalue weighted by Crippen LogP contribution is -2.25. The van der Waals surface area contributed by atoms with E-state index >= 15 is 0 Å². The van der Waals surface area contributed by atoms with Crippen LogP contribution < -0.4 is 10.9 Å². The molecule has 0 aliphatic heterocycles. The van der Waals surface area contributed by atoms with Crippen molar-refractivity contribution in [3.05, 3.63) is 93.3 Å². The van der Waals surface area contributed by atoms with Crippen LogP contribution in [0.5, 0.6) is 0 Å². The summed E-state index contributed by atoms with van der Waals surface area (Å²) in [6.07, 6.45) is 3.65. The summed E-state index contributed by atoms with van der Waals surface area (Å²) >= 11 is 2.76. The van der Waals surface area contributed by atoms with E-state index < -0.39 is 0 Å². The van der Waals surface area contributed by atoms with E-state index in [1.165, 1.54) is 34.7 Å². The number of nitrogens with zero attached hydrogens (tertiary/aromatic N) is 2. The fourth-order valence-corrected chi connectivity index (χ4v) is 5.59. The number of aromatic nitrogens is 2. The maximum Gasteiger partial charge on any atom is 0.272 e. The fourth-order valence-electron chi connectivity index (χ4n) is 3.80. The molecular formula is C27H28FN3O2S2. The zero-order valence-electron chi connectivity index (χ0n) is 19.4. The van der Waals surface area contributed by atoms with Crippen molar-refractivity contribution in [1.82, 2.24) is 14.9 Å². The van der Waals surface area contributed by atoms with Crippen LogP contribution in [0.25, 0.3) is 10.2 Å². The minimum absolute atomic E-state index is 0.0558. The number of fused-ring (bicyclic) bond motifs is 1. The van der Waals surface area contributed by atoms with E-state index in [2.05, 4.69) is 22.4 Å². The molecule has 182 valence electrons. The van der Waals surface area contributed by atoms with Crippen molar-refractivity contribution in [2.24, 2.45) is 0 Å². The van der Waals surface area contributed by atoms with Crippen LogP contribution in [0.4, 0.5) is 4.39 Å². The van der Waals surface area contributed by atoms with Crippen LogP contribution >= 0.6 is 23.1 Å². The van der Waals surface area contributed by atoms with Gasteiger partial charge in [-0.25, -0.2) is 9.37 Å². The summed E-state index contributed by atoms with van der Waals surface area (Å²) in [7, 11) is 0. The molecule has 2 aromatic heterocycles. The monoisotopic (exact) mass is 509 g/mol. The van der Waals surface area contributed by atoms with Crippen LogP contribution in [0.2, 0.25) is 0 Å². The molecule has 2 aromatic carbocycles. The van der Waals surface area contributed by atoms with Gasteiger partial charge in [0.25, 0.3) is 5.56 Å². The molecule has 0 bridgehead atoms. The molecule has 8 heteroatoms. The number of hydrogen-bond donors (Lipinski definition) is 1. The van der Waals surface area contributed by atoms with Crippen LogP contribution in [0.15, 0.2) is 76.0 Å². The quantitative estimate of drug-likeness (QED) is 0.149. The molecule has 4 aromatic rings. The zero-order chi connectivity index (χ0) is 24.5. The highest BCUT2D eigenvalue weighted by Gasteiger charge is 2.14. The molecule has 1 amide bonds. The third kappa shape index (κ3) is 7.02. The summed E-state index contributed by atoms with van der Waals surface area (Å²) in [4.78, 5) is 29.9. The summed E-state index contributed by atoms with van der Waals surface area (Å²) in [5.74, 6) is 0.200. The van der Waals surface area contributed by atoms with Gasteiger partial charge in [0.05, 0.1) is 5.52 Å². The molecular weight excluding hydrogens is 481 g/mol. The molecule has 35 heavy (non-hydrogen) atoms. The van der Waals surface area contributed by atoms with E-state index in [9.17, 15) is 14.0 Å². The van der Waals surface area contributed by atoms with Crippen molar-refractivity contribution in [3.63, 3.8) is 0 Å². The molecule has 0 aliphatic carbocycles. The van der Waals surface area contributed by atoms with Crippen molar-refractivity contribution in [3.8, 4) is 0 Å². The predicted octanol–water partition coefficient (Wildman–Crippen LogP) is 5.81. The average molecular weight is 510 g/mol. The Kier molecular flexibility index (Phi) is 9.08. The van der Waals surface area contributed by atoms with Gasteiger partial charge in [-0.1, -0.05) is 66.7 Å². The average Bonchev–Trinajstić information content (AvgIpc) is 3.34. The van der Waals surface area contributed by atoms with Gasteiger partial charge in [-0.05, 0) is 47.9 Å². The molecule has 0 fully saturated rings. The number of unbranched alkanes of at least 4 members (excludes halogenated alkanes) is 2. The number of nitrogens with one attached hydrogen (secondary N) is 1. The summed E-state index contributed by atoms with van der Waals surface area (Å²) in [6.45, 7) is 1.15. The largest absolute Gasteiger partial charge is 0.356 e. The van der Waals surface area contributed by atoms with Crippen LogP contribution in [0, 0.1) is 5.82 Å². The number of carbonyl (C=O) groups excluding carboxylic acids is 1. The van der Waals surface area contributed by atoms with Gasteiger partial charge in [-0.15, -0.1) is 11.3 Å². The molecule has 0 aliphatic rings. The topological polar surface area (TPSA) is 64.0 Å². The normalized spacial score (nSPS) is 11.1. The molecule has 4 rings (SSSR count). The van der Waals surface area contributed by atoms with Gasteiger partial charge in [0, 0.05) is 25.3 Å². The molecule has 0 saturated carbocycles. The molecule has 5 nitrogen and oxygen atoms in total. The first-order valence-electron chi connectivity index (χ1n) is 11.8. The van der Waals surface area contributed by atoms with E-state index in [1.54, 1.807) is 22.8 Å². The smallest absolute Gasteiger partial charge is 0.272 e. The highest BCUT2D eigenvalue weighted by Crippen LogP contribution is 2.25. The summed E-state index contributed by atoms with van der Waals surface area (Å²) in [6, 6.07) is 18.6. The first-order chi connectivity index (χ1) is 17.1. The maximum atomic E-state index is 14.1. The first kappa shape index (κ1) is 25.1. The Balaban J connectivity index is 1.28. The Morgan fingerprint density at radius 1 is 1.03 bits per heavy atom. The Morgan fingerprint density at radius 2 is 1.83 bits per heavy atom. The second-order valence-corrected chi connectivity index (χ2v) is 10.1. The zero-order valence-corrected chi connectivity index (χ0v) is 21.0. The number of amides is 1. The predicted molar refractivity (Wildman–Crippen MR) is 141 cm³/mol. The molecule has 0 spiro atoms. The third-order valence-electron chi connectivity index (χ3n) is 5.71. The van der Waals surface area contributed by atoms with E-state index in [0.29, 0.717) is 46.2 Å². The SMILES string of the molecule is O=C(CCCCCn1c(SCc2ccccc2F)nc2ccsc2c1=O)NCCc1ccccc1.